The molecule has 2 fully saturated rings. The van der Waals surface area contributed by atoms with E-state index in [1.165, 1.54) is 29.1 Å². The second-order valence-corrected chi connectivity index (χ2v) is 6.91. The summed E-state index contributed by atoms with van der Waals surface area (Å²) in [6, 6.07) is 4.93. The van der Waals surface area contributed by atoms with Gasteiger partial charge in [-0.05, 0) is 37.9 Å². The van der Waals surface area contributed by atoms with Crippen molar-refractivity contribution in [3.63, 3.8) is 0 Å². The van der Waals surface area contributed by atoms with Gasteiger partial charge in [0.25, 0.3) is 0 Å². The maximum atomic E-state index is 10.4. The number of aliphatic hydroxyl groups is 1. The van der Waals surface area contributed by atoms with Gasteiger partial charge in [0.1, 0.15) is 0 Å². The van der Waals surface area contributed by atoms with Crippen LogP contribution in [0.25, 0.3) is 0 Å². The van der Waals surface area contributed by atoms with Crippen molar-refractivity contribution in [1.29, 1.82) is 0 Å². The number of thiophene rings is 1. The fourth-order valence-corrected chi connectivity index (χ4v) is 4.14. The molecule has 1 aromatic rings. The lowest BCUT2D eigenvalue weighted by atomic mass is 10.1. The molecule has 106 valence electrons. The summed E-state index contributed by atoms with van der Waals surface area (Å²) in [5, 5.41) is 10.4. The standard InChI is InChI=1S/C15H23NO2S/c1-2-12-5-6-13(19-12)8-14(17)15-9-16-7-3-4-11(16)10-18-15/h5-6,11,14-15,17H,2-4,7-10H2,1H3. The van der Waals surface area contributed by atoms with Crippen molar-refractivity contribution < 1.29 is 9.84 Å². The number of hydrogen-bond acceptors (Lipinski definition) is 4. The van der Waals surface area contributed by atoms with Gasteiger partial charge < -0.3 is 9.84 Å². The third kappa shape index (κ3) is 3.02. The van der Waals surface area contributed by atoms with Gasteiger partial charge in [0.2, 0.25) is 0 Å². The zero-order valence-corrected chi connectivity index (χ0v) is 12.4. The van der Waals surface area contributed by atoms with Crippen molar-refractivity contribution in [2.45, 2.75) is 50.9 Å². The second-order valence-electron chi connectivity index (χ2n) is 5.66. The van der Waals surface area contributed by atoms with E-state index < -0.39 is 0 Å². The quantitative estimate of drug-likeness (QED) is 0.917. The Morgan fingerprint density at radius 3 is 3.11 bits per heavy atom. The zero-order chi connectivity index (χ0) is 13.2. The minimum Gasteiger partial charge on any atom is -0.390 e. The van der Waals surface area contributed by atoms with Gasteiger partial charge in [-0.1, -0.05) is 6.92 Å². The summed E-state index contributed by atoms with van der Waals surface area (Å²) < 4.78 is 5.87. The molecule has 2 aliphatic rings. The van der Waals surface area contributed by atoms with Gasteiger partial charge in [-0.15, -0.1) is 11.3 Å². The van der Waals surface area contributed by atoms with Gasteiger partial charge >= 0.3 is 0 Å². The van der Waals surface area contributed by atoms with E-state index in [9.17, 15) is 5.11 Å². The molecule has 0 aliphatic carbocycles. The highest BCUT2D eigenvalue weighted by Crippen LogP contribution is 2.26. The van der Waals surface area contributed by atoms with E-state index >= 15 is 0 Å². The molecule has 19 heavy (non-hydrogen) atoms. The van der Waals surface area contributed by atoms with Crippen molar-refractivity contribution in [2.24, 2.45) is 0 Å². The molecule has 0 saturated carbocycles. The molecule has 3 rings (SSSR count). The molecule has 3 nitrogen and oxygen atoms in total. The summed E-state index contributed by atoms with van der Waals surface area (Å²) in [6.07, 6.45) is 3.96. The lowest BCUT2D eigenvalue weighted by Gasteiger charge is -2.37. The first-order valence-electron chi connectivity index (χ1n) is 7.37. The SMILES string of the molecule is CCc1ccc(CC(O)C2CN3CCCC3CO2)s1. The first-order chi connectivity index (χ1) is 9.26. The Kier molecular flexibility index (Phi) is 4.22. The molecule has 0 radical (unpaired) electrons. The van der Waals surface area contributed by atoms with Crippen molar-refractivity contribution in [2.75, 3.05) is 19.7 Å². The van der Waals surface area contributed by atoms with Crippen molar-refractivity contribution >= 4 is 11.3 Å². The van der Waals surface area contributed by atoms with Crippen LogP contribution in [-0.4, -0.2) is 48.0 Å². The maximum Gasteiger partial charge on any atom is 0.0964 e. The van der Waals surface area contributed by atoms with Gasteiger partial charge in [0.15, 0.2) is 0 Å². The van der Waals surface area contributed by atoms with Gasteiger partial charge in [0.05, 0.1) is 18.8 Å². The molecular weight excluding hydrogens is 258 g/mol. The molecule has 0 bridgehead atoms. The molecule has 0 aromatic carbocycles. The van der Waals surface area contributed by atoms with Crippen LogP contribution < -0.4 is 0 Å². The third-order valence-corrected chi connectivity index (χ3v) is 5.57. The molecule has 0 spiro atoms. The molecule has 1 aromatic heterocycles. The van der Waals surface area contributed by atoms with Gasteiger partial charge in [-0.2, -0.15) is 0 Å². The van der Waals surface area contributed by atoms with E-state index in [0.29, 0.717) is 6.04 Å². The molecule has 2 aliphatic heterocycles. The van der Waals surface area contributed by atoms with E-state index in [2.05, 4.69) is 24.0 Å². The minimum atomic E-state index is -0.370. The molecule has 2 saturated heterocycles. The zero-order valence-electron chi connectivity index (χ0n) is 11.5. The molecule has 1 N–H and O–H groups in total. The Labute approximate surface area is 119 Å². The first-order valence-corrected chi connectivity index (χ1v) is 8.19. The fraction of sp³-hybridized carbons (Fsp3) is 0.733. The van der Waals surface area contributed by atoms with Crippen LogP contribution in [0.1, 0.15) is 29.5 Å². The molecule has 3 heterocycles. The average Bonchev–Trinajstić information content (AvgIpc) is 3.05. The van der Waals surface area contributed by atoms with Crippen LogP contribution >= 0.6 is 11.3 Å². The van der Waals surface area contributed by atoms with Crippen molar-refractivity contribution in [3.05, 3.63) is 21.9 Å². The normalized spacial score (nSPS) is 29.4. The average molecular weight is 281 g/mol. The number of morpholine rings is 1. The predicted molar refractivity (Wildman–Crippen MR) is 77.7 cm³/mol. The minimum absolute atomic E-state index is 0.0125. The summed E-state index contributed by atoms with van der Waals surface area (Å²) >= 11 is 1.82. The van der Waals surface area contributed by atoms with Crippen LogP contribution in [0.4, 0.5) is 0 Å². The monoisotopic (exact) mass is 281 g/mol. The maximum absolute atomic E-state index is 10.4. The Morgan fingerprint density at radius 2 is 2.32 bits per heavy atom. The van der Waals surface area contributed by atoms with E-state index in [-0.39, 0.29) is 12.2 Å². The second kappa shape index (κ2) is 5.92. The summed E-state index contributed by atoms with van der Waals surface area (Å²) in [5.74, 6) is 0. The number of aliphatic hydroxyl groups excluding tert-OH is 1. The highest BCUT2D eigenvalue weighted by atomic mass is 32.1. The summed E-state index contributed by atoms with van der Waals surface area (Å²) in [6.45, 7) is 5.05. The Balaban J connectivity index is 1.56. The van der Waals surface area contributed by atoms with Crippen LogP contribution in [-0.2, 0) is 17.6 Å². The number of hydrogen-bond donors (Lipinski definition) is 1. The number of aryl methyl sites for hydroxylation is 1. The van der Waals surface area contributed by atoms with Crippen molar-refractivity contribution in [1.82, 2.24) is 4.90 Å². The van der Waals surface area contributed by atoms with E-state index in [1.807, 2.05) is 11.3 Å². The van der Waals surface area contributed by atoms with Crippen molar-refractivity contribution in [3.8, 4) is 0 Å². The van der Waals surface area contributed by atoms with E-state index in [0.717, 1.165) is 26.0 Å². The fourth-order valence-electron chi connectivity index (χ4n) is 3.14. The highest BCUT2D eigenvalue weighted by molar-refractivity contribution is 7.11. The number of rotatable bonds is 4. The van der Waals surface area contributed by atoms with Crippen LogP contribution in [0, 0.1) is 0 Å². The highest BCUT2D eigenvalue weighted by Gasteiger charge is 2.35. The first kappa shape index (κ1) is 13.6. The van der Waals surface area contributed by atoms with Gasteiger partial charge in [-0.3, -0.25) is 4.90 Å². The summed E-state index contributed by atoms with van der Waals surface area (Å²) in [4.78, 5) is 5.16. The molecule has 4 heteroatoms. The lowest BCUT2D eigenvalue weighted by Crippen LogP contribution is -2.50. The van der Waals surface area contributed by atoms with Crippen LogP contribution in [0.15, 0.2) is 12.1 Å². The lowest BCUT2D eigenvalue weighted by molar-refractivity contribution is -0.101. The Morgan fingerprint density at radius 1 is 1.47 bits per heavy atom. The van der Waals surface area contributed by atoms with Crippen LogP contribution in [0.3, 0.4) is 0 Å². The third-order valence-electron chi connectivity index (χ3n) is 4.32. The number of nitrogens with zero attached hydrogens (tertiary/aromatic N) is 1. The molecular formula is C15H23NO2S. The Bertz CT molecular complexity index is 420. The van der Waals surface area contributed by atoms with Gasteiger partial charge in [0, 0.05) is 28.8 Å². The molecule has 0 amide bonds. The van der Waals surface area contributed by atoms with E-state index in [4.69, 9.17) is 4.74 Å². The summed E-state index contributed by atoms with van der Waals surface area (Å²) in [7, 11) is 0. The van der Waals surface area contributed by atoms with Crippen LogP contribution in [0.5, 0.6) is 0 Å². The number of fused-ring (bicyclic) bond motifs is 1. The Hall–Kier alpha value is -0.420. The topological polar surface area (TPSA) is 32.7 Å². The molecule has 3 atom stereocenters. The predicted octanol–water partition coefficient (Wildman–Crippen LogP) is 2.08. The van der Waals surface area contributed by atoms with Gasteiger partial charge in [-0.25, -0.2) is 0 Å². The summed E-state index contributed by atoms with van der Waals surface area (Å²) in [5.41, 5.74) is 0. The van der Waals surface area contributed by atoms with E-state index in [1.54, 1.807) is 0 Å². The van der Waals surface area contributed by atoms with Crippen LogP contribution in [0.2, 0.25) is 0 Å². The molecule has 3 unspecified atom stereocenters. The number of ether oxygens (including phenoxy) is 1. The largest absolute Gasteiger partial charge is 0.390 e. The smallest absolute Gasteiger partial charge is 0.0964 e.